The molecule has 0 spiro atoms. The van der Waals surface area contributed by atoms with Crippen molar-refractivity contribution >= 4 is 0 Å². The number of hydrogen-bond acceptors (Lipinski definition) is 2. The van der Waals surface area contributed by atoms with Crippen LogP contribution in [-0.2, 0) is 11.3 Å². The van der Waals surface area contributed by atoms with Crippen molar-refractivity contribution in [3.63, 3.8) is 0 Å². The molecule has 0 unspecified atom stereocenters. The van der Waals surface area contributed by atoms with E-state index >= 15 is 0 Å². The lowest BCUT2D eigenvalue weighted by molar-refractivity contribution is -0.0221. The lowest BCUT2D eigenvalue weighted by Gasteiger charge is -2.23. The molecule has 0 heterocycles. The topological polar surface area (TPSA) is 35.2 Å². The van der Waals surface area contributed by atoms with E-state index in [-0.39, 0.29) is 5.60 Å². The SMILES string of the molecule is CC(C)(CN)OCc1ccccc1. The minimum Gasteiger partial charge on any atom is -0.370 e. The first-order valence-electron chi connectivity index (χ1n) is 4.52. The second-order valence-corrected chi connectivity index (χ2v) is 3.74. The highest BCUT2D eigenvalue weighted by Gasteiger charge is 2.15. The van der Waals surface area contributed by atoms with Crippen molar-refractivity contribution in [2.75, 3.05) is 6.54 Å². The van der Waals surface area contributed by atoms with Gasteiger partial charge in [0.05, 0.1) is 12.2 Å². The van der Waals surface area contributed by atoms with Gasteiger partial charge in [-0.05, 0) is 19.4 Å². The molecule has 0 saturated heterocycles. The van der Waals surface area contributed by atoms with E-state index in [9.17, 15) is 0 Å². The van der Waals surface area contributed by atoms with Crippen LogP contribution in [0.25, 0.3) is 0 Å². The van der Waals surface area contributed by atoms with Crippen LogP contribution in [-0.4, -0.2) is 12.1 Å². The smallest absolute Gasteiger partial charge is 0.0752 e. The van der Waals surface area contributed by atoms with Crippen LogP contribution in [0.15, 0.2) is 30.3 Å². The Morgan fingerprint density at radius 1 is 1.23 bits per heavy atom. The number of benzene rings is 1. The van der Waals surface area contributed by atoms with E-state index in [0.717, 1.165) is 0 Å². The number of ether oxygens (including phenoxy) is 1. The van der Waals surface area contributed by atoms with Crippen molar-refractivity contribution in [3.05, 3.63) is 35.9 Å². The maximum atomic E-state index is 5.64. The maximum absolute atomic E-state index is 5.64. The molecule has 0 saturated carbocycles. The van der Waals surface area contributed by atoms with Gasteiger partial charge in [-0.15, -0.1) is 0 Å². The van der Waals surface area contributed by atoms with Gasteiger partial charge in [0, 0.05) is 6.54 Å². The molecule has 1 aromatic rings. The lowest BCUT2D eigenvalue weighted by atomic mass is 10.1. The highest BCUT2D eigenvalue weighted by atomic mass is 16.5. The zero-order chi connectivity index (χ0) is 9.73. The fourth-order valence-electron chi connectivity index (χ4n) is 0.912. The average molecular weight is 179 g/mol. The molecular formula is C11H17NO. The fraction of sp³-hybridized carbons (Fsp3) is 0.455. The Morgan fingerprint density at radius 3 is 2.38 bits per heavy atom. The summed E-state index contributed by atoms with van der Waals surface area (Å²) in [6, 6.07) is 10.1. The Morgan fingerprint density at radius 2 is 1.85 bits per heavy atom. The summed E-state index contributed by atoms with van der Waals surface area (Å²) in [6.07, 6.45) is 0. The highest BCUT2D eigenvalue weighted by molar-refractivity contribution is 5.13. The summed E-state index contributed by atoms with van der Waals surface area (Å²) in [5.74, 6) is 0. The van der Waals surface area contributed by atoms with Gasteiger partial charge in [-0.3, -0.25) is 0 Å². The molecule has 1 rings (SSSR count). The maximum Gasteiger partial charge on any atom is 0.0752 e. The zero-order valence-electron chi connectivity index (χ0n) is 8.29. The Kier molecular flexibility index (Phi) is 3.46. The number of hydrogen-bond donors (Lipinski definition) is 1. The quantitative estimate of drug-likeness (QED) is 0.766. The fourth-order valence-corrected chi connectivity index (χ4v) is 0.912. The average Bonchev–Trinajstić information content (AvgIpc) is 2.17. The largest absolute Gasteiger partial charge is 0.370 e. The summed E-state index contributed by atoms with van der Waals surface area (Å²) in [7, 11) is 0. The Hall–Kier alpha value is -0.860. The van der Waals surface area contributed by atoms with Gasteiger partial charge >= 0.3 is 0 Å². The van der Waals surface area contributed by atoms with Crippen molar-refractivity contribution in [1.29, 1.82) is 0 Å². The molecule has 0 aromatic heterocycles. The number of nitrogens with two attached hydrogens (primary N) is 1. The highest BCUT2D eigenvalue weighted by Crippen LogP contribution is 2.10. The van der Waals surface area contributed by atoms with Gasteiger partial charge in [-0.25, -0.2) is 0 Å². The van der Waals surface area contributed by atoms with Crippen LogP contribution in [0.3, 0.4) is 0 Å². The van der Waals surface area contributed by atoms with E-state index in [2.05, 4.69) is 0 Å². The predicted molar refractivity (Wildman–Crippen MR) is 54.4 cm³/mol. The van der Waals surface area contributed by atoms with E-state index in [1.54, 1.807) is 0 Å². The molecule has 0 aliphatic heterocycles. The van der Waals surface area contributed by atoms with Crippen LogP contribution in [0.5, 0.6) is 0 Å². The monoisotopic (exact) mass is 179 g/mol. The third-order valence-corrected chi connectivity index (χ3v) is 1.96. The Balaban J connectivity index is 2.44. The van der Waals surface area contributed by atoms with E-state index < -0.39 is 0 Å². The van der Waals surface area contributed by atoms with E-state index in [0.29, 0.717) is 13.2 Å². The van der Waals surface area contributed by atoms with E-state index in [1.165, 1.54) is 5.56 Å². The molecule has 2 heteroatoms. The van der Waals surface area contributed by atoms with Crippen LogP contribution in [0, 0.1) is 0 Å². The van der Waals surface area contributed by atoms with Crippen molar-refractivity contribution < 1.29 is 4.74 Å². The summed E-state index contributed by atoms with van der Waals surface area (Å²) in [4.78, 5) is 0. The molecule has 0 aliphatic carbocycles. The molecule has 13 heavy (non-hydrogen) atoms. The summed E-state index contributed by atoms with van der Waals surface area (Å²) in [5.41, 5.74) is 6.50. The third-order valence-electron chi connectivity index (χ3n) is 1.96. The zero-order valence-corrected chi connectivity index (χ0v) is 8.29. The first kappa shape index (κ1) is 10.2. The second-order valence-electron chi connectivity index (χ2n) is 3.74. The molecule has 0 atom stereocenters. The van der Waals surface area contributed by atoms with E-state index in [1.807, 2.05) is 44.2 Å². The summed E-state index contributed by atoms with van der Waals surface area (Å²) in [6.45, 7) is 5.16. The molecule has 2 nitrogen and oxygen atoms in total. The summed E-state index contributed by atoms with van der Waals surface area (Å²) < 4.78 is 5.64. The van der Waals surface area contributed by atoms with E-state index in [4.69, 9.17) is 10.5 Å². The molecular weight excluding hydrogens is 162 g/mol. The van der Waals surface area contributed by atoms with Gasteiger partial charge < -0.3 is 10.5 Å². The molecule has 0 fully saturated rings. The van der Waals surface area contributed by atoms with Crippen molar-refractivity contribution in [1.82, 2.24) is 0 Å². The molecule has 2 N–H and O–H groups in total. The first-order chi connectivity index (χ1) is 6.14. The minimum absolute atomic E-state index is 0.226. The molecule has 0 aliphatic rings. The molecule has 0 bridgehead atoms. The molecule has 0 radical (unpaired) electrons. The lowest BCUT2D eigenvalue weighted by Crippen LogP contribution is -2.33. The standard InChI is InChI=1S/C11H17NO/c1-11(2,9-12)13-8-10-6-4-3-5-7-10/h3-7H,8-9,12H2,1-2H3. The summed E-state index contributed by atoms with van der Waals surface area (Å²) >= 11 is 0. The predicted octanol–water partition coefficient (Wildman–Crippen LogP) is 1.94. The number of rotatable bonds is 4. The van der Waals surface area contributed by atoms with Crippen LogP contribution in [0.1, 0.15) is 19.4 Å². The normalized spacial score (nSPS) is 11.6. The van der Waals surface area contributed by atoms with Crippen LogP contribution >= 0.6 is 0 Å². The van der Waals surface area contributed by atoms with Crippen molar-refractivity contribution in [2.45, 2.75) is 26.1 Å². The van der Waals surface area contributed by atoms with Crippen LogP contribution < -0.4 is 5.73 Å². The Bertz CT molecular complexity index is 244. The summed E-state index contributed by atoms with van der Waals surface area (Å²) in [5, 5.41) is 0. The Labute approximate surface area is 79.7 Å². The van der Waals surface area contributed by atoms with Crippen molar-refractivity contribution in [3.8, 4) is 0 Å². The molecule has 1 aromatic carbocycles. The first-order valence-corrected chi connectivity index (χ1v) is 4.52. The minimum atomic E-state index is -0.226. The van der Waals surface area contributed by atoms with Crippen LogP contribution in [0.2, 0.25) is 0 Å². The van der Waals surface area contributed by atoms with Gasteiger partial charge in [-0.1, -0.05) is 30.3 Å². The van der Waals surface area contributed by atoms with Gasteiger partial charge in [0.2, 0.25) is 0 Å². The van der Waals surface area contributed by atoms with Gasteiger partial charge in [0.1, 0.15) is 0 Å². The second kappa shape index (κ2) is 4.40. The van der Waals surface area contributed by atoms with Gasteiger partial charge in [0.25, 0.3) is 0 Å². The molecule has 72 valence electrons. The third kappa shape index (κ3) is 3.57. The van der Waals surface area contributed by atoms with Gasteiger partial charge in [0.15, 0.2) is 0 Å². The van der Waals surface area contributed by atoms with Crippen molar-refractivity contribution in [2.24, 2.45) is 5.73 Å². The van der Waals surface area contributed by atoms with Crippen LogP contribution in [0.4, 0.5) is 0 Å². The molecule has 0 amide bonds. The van der Waals surface area contributed by atoms with Gasteiger partial charge in [-0.2, -0.15) is 0 Å².